The highest BCUT2D eigenvalue weighted by molar-refractivity contribution is 9.09. The first-order chi connectivity index (χ1) is 11.9. The van der Waals surface area contributed by atoms with Crippen LogP contribution in [0.4, 0.5) is 0 Å². The summed E-state index contributed by atoms with van der Waals surface area (Å²) in [5, 5.41) is 0.288. The van der Waals surface area contributed by atoms with Crippen LogP contribution in [-0.2, 0) is 14.3 Å². The lowest BCUT2D eigenvalue weighted by molar-refractivity contribution is -0.156. The van der Waals surface area contributed by atoms with Crippen molar-refractivity contribution in [3.8, 4) is 0 Å². The van der Waals surface area contributed by atoms with E-state index >= 15 is 0 Å². The number of ketones is 1. The van der Waals surface area contributed by atoms with Crippen LogP contribution in [0.25, 0.3) is 0 Å². The van der Waals surface area contributed by atoms with Crippen molar-refractivity contribution in [3.63, 3.8) is 0 Å². The van der Waals surface area contributed by atoms with Crippen molar-refractivity contribution in [1.82, 2.24) is 0 Å². The smallest absolute Gasteiger partial charge is 0.316 e. The minimum Gasteiger partial charge on any atom is -0.461 e. The maximum absolute atomic E-state index is 11.9. The van der Waals surface area contributed by atoms with E-state index in [1.807, 2.05) is 6.08 Å². The summed E-state index contributed by atoms with van der Waals surface area (Å²) < 4.78 is 5.82. The van der Waals surface area contributed by atoms with Crippen LogP contribution in [0.1, 0.15) is 65.2 Å². The first-order valence-electron chi connectivity index (χ1n) is 9.88. The van der Waals surface area contributed by atoms with Gasteiger partial charge >= 0.3 is 5.97 Å². The van der Waals surface area contributed by atoms with Gasteiger partial charge in [-0.1, -0.05) is 35.4 Å². The zero-order valence-corrected chi connectivity index (χ0v) is 16.9. The van der Waals surface area contributed by atoms with E-state index in [0.717, 1.165) is 38.0 Å². The minimum atomic E-state index is -0.124. The zero-order valence-electron chi connectivity index (χ0n) is 15.4. The summed E-state index contributed by atoms with van der Waals surface area (Å²) in [6.07, 6.45) is 10.7. The molecular weight excluding hydrogens is 380 g/mol. The fourth-order valence-electron chi connectivity index (χ4n) is 6.90. The van der Waals surface area contributed by atoms with Crippen LogP contribution in [0.5, 0.6) is 0 Å². The van der Waals surface area contributed by atoms with E-state index in [4.69, 9.17) is 4.74 Å². The second-order valence-electron chi connectivity index (χ2n) is 9.20. The predicted octanol–water partition coefficient (Wildman–Crippen LogP) is 4.83. The molecule has 4 aliphatic rings. The van der Waals surface area contributed by atoms with Crippen LogP contribution >= 0.6 is 15.9 Å². The van der Waals surface area contributed by atoms with Gasteiger partial charge in [-0.3, -0.25) is 9.59 Å². The number of esters is 1. The van der Waals surface area contributed by atoms with Gasteiger partial charge in [0.15, 0.2) is 5.78 Å². The Kier molecular flexibility index (Phi) is 4.41. The molecule has 4 heteroatoms. The number of carbonyl (C=O) groups is 2. The second-order valence-corrected chi connectivity index (χ2v) is 9.76. The molecule has 0 spiro atoms. The van der Waals surface area contributed by atoms with E-state index in [9.17, 15) is 9.59 Å². The third-order valence-electron chi connectivity index (χ3n) is 8.26. The fourth-order valence-corrected chi connectivity index (χ4v) is 7.03. The molecule has 1 unspecified atom stereocenters. The molecular formula is C21H29BrO3. The molecule has 0 heterocycles. The molecule has 0 radical (unpaired) electrons. The Labute approximate surface area is 159 Å². The average molecular weight is 409 g/mol. The van der Waals surface area contributed by atoms with Gasteiger partial charge in [-0.15, -0.1) is 0 Å². The molecule has 0 amide bonds. The van der Waals surface area contributed by atoms with Gasteiger partial charge in [0.1, 0.15) is 11.4 Å². The van der Waals surface area contributed by atoms with E-state index in [1.165, 1.54) is 24.8 Å². The third kappa shape index (κ3) is 2.65. The van der Waals surface area contributed by atoms with Gasteiger partial charge in [-0.05, 0) is 74.2 Å². The predicted molar refractivity (Wildman–Crippen MR) is 100 cm³/mol. The van der Waals surface area contributed by atoms with Crippen molar-refractivity contribution < 1.29 is 14.3 Å². The lowest BCUT2D eigenvalue weighted by Crippen LogP contribution is -2.51. The Morgan fingerprint density at radius 3 is 2.72 bits per heavy atom. The van der Waals surface area contributed by atoms with Crippen molar-refractivity contribution in [2.24, 2.45) is 28.6 Å². The lowest BCUT2D eigenvalue weighted by atomic mass is 9.47. The summed E-state index contributed by atoms with van der Waals surface area (Å²) in [6, 6.07) is 0. The fraction of sp³-hybridized carbons (Fsp3) is 0.810. The van der Waals surface area contributed by atoms with Crippen LogP contribution in [0, 0.1) is 28.6 Å². The molecule has 0 aromatic rings. The SMILES string of the molecule is C[C@]12CCC(=O)C=C1CC[C@@H]1[C@@H]2CC[C@]2(C)C(OC(=O)CBr)CC[C@@H]12. The van der Waals surface area contributed by atoms with Crippen LogP contribution in [0.2, 0.25) is 0 Å². The molecule has 0 aromatic heterocycles. The second kappa shape index (κ2) is 6.21. The van der Waals surface area contributed by atoms with E-state index in [2.05, 4.69) is 29.8 Å². The average Bonchev–Trinajstić information content (AvgIpc) is 2.92. The quantitative estimate of drug-likeness (QED) is 0.485. The number of rotatable bonds is 2. The summed E-state index contributed by atoms with van der Waals surface area (Å²) in [7, 11) is 0. The summed E-state index contributed by atoms with van der Waals surface area (Å²) in [5.74, 6) is 2.29. The maximum atomic E-state index is 11.9. The highest BCUT2D eigenvalue weighted by Crippen LogP contribution is 2.65. The van der Waals surface area contributed by atoms with Gasteiger partial charge in [0, 0.05) is 11.8 Å². The summed E-state index contributed by atoms with van der Waals surface area (Å²) >= 11 is 3.22. The van der Waals surface area contributed by atoms with E-state index in [1.54, 1.807) is 0 Å². The zero-order chi connectivity index (χ0) is 17.8. The Hall–Kier alpha value is -0.640. The third-order valence-corrected chi connectivity index (χ3v) is 8.72. The topological polar surface area (TPSA) is 43.4 Å². The molecule has 3 nitrogen and oxygen atoms in total. The molecule has 25 heavy (non-hydrogen) atoms. The van der Waals surface area contributed by atoms with Crippen molar-refractivity contribution in [3.05, 3.63) is 11.6 Å². The summed E-state index contributed by atoms with van der Waals surface area (Å²) in [4.78, 5) is 23.7. The number of alkyl halides is 1. The lowest BCUT2D eigenvalue weighted by Gasteiger charge is -2.57. The van der Waals surface area contributed by atoms with Gasteiger partial charge in [0.2, 0.25) is 0 Å². The number of halogens is 1. The molecule has 3 fully saturated rings. The minimum absolute atomic E-state index is 0.0844. The Balaban J connectivity index is 1.59. The number of ether oxygens (including phenoxy) is 1. The van der Waals surface area contributed by atoms with Crippen LogP contribution in [-0.4, -0.2) is 23.2 Å². The molecule has 4 rings (SSSR count). The molecule has 0 saturated heterocycles. The highest BCUT2D eigenvalue weighted by Gasteiger charge is 2.59. The maximum Gasteiger partial charge on any atom is 0.316 e. The van der Waals surface area contributed by atoms with Gasteiger partial charge in [0.25, 0.3) is 0 Å². The number of hydrogen-bond donors (Lipinski definition) is 0. The highest BCUT2D eigenvalue weighted by atomic mass is 79.9. The molecule has 0 aliphatic heterocycles. The normalized spacial score (nSPS) is 45.9. The summed E-state index contributed by atoms with van der Waals surface area (Å²) in [5.41, 5.74) is 1.79. The largest absolute Gasteiger partial charge is 0.461 e. The number of allylic oxidation sites excluding steroid dienone is 1. The van der Waals surface area contributed by atoms with Gasteiger partial charge in [0.05, 0.1) is 0 Å². The first-order valence-corrected chi connectivity index (χ1v) is 11.0. The van der Waals surface area contributed by atoms with Crippen LogP contribution in [0.3, 0.4) is 0 Å². The van der Waals surface area contributed by atoms with Crippen molar-refractivity contribution in [1.29, 1.82) is 0 Å². The van der Waals surface area contributed by atoms with Crippen LogP contribution < -0.4 is 0 Å². The number of hydrogen-bond acceptors (Lipinski definition) is 3. The Morgan fingerprint density at radius 1 is 1.16 bits per heavy atom. The molecule has 138 valence electrons. The monoisotopic (exact) mass is 408 g/mol. The van der Waals surface area contributed by atoms with Gasteiger partial charge < -0.3 is 4.74 Å². The van der Waals surface area contributed by atoms with Crippen molar-refractivity contribution >= 4 is 27.7 Å². The Bertz CT molecular complexity index is 627. The number of fused-ring (bicyclic) bond motifs is 5. The van der Waals surface area contributed by atoms with Crippen molar-refractivity contribution in [2.45, 2.75) is 71.3 Å². The molecule has 4 aliphatic carbocycles. The van der Waals surface area contributed by atoms with Crippen molar-refractivity contribution in [2.75, 3.05) is 5.33 Å². The summed E-state index contributed by atoms with van der Waals surface area (Å²) in [6.45, 7) is 4.78. The standard InChI is InChI=1S/C21H29BrO3/c1-20-9-7-14(23)11-13(20)3-4-15-16-5-6-18(25-19(24)12-22)21(16,2)10-8-17(15)20/h11,15-18H,3-10,12H2,1-2H3/t15-,16-,17-,18?,20-,21-/m0/s1. The molecule has 0 N–H and O–H groups in total. The molecule has 3 saturated carbocycles. The van der Waals surface area contributed by atoms with Crippen LogP contribution in [0.15, 0.2) is 11.6 Å². The number of carbonyl (C=O) groups excluding carboxylic acids is 2. The van der Waals surface area contributed by atoms with E-state index in [0.29, 0.717) is 17.6 Å². The molecule has 0 bridgehead atoms. The van der Waals surface area contributed by atoms with E-state index < -0.39 is 0 Å². The molecule has 6 atom stereocenters. The van der Waals surface area contributed by atoms with Gasteiger partial charge in [-0.25, -0.2) is 0 Å². The Morgan fingerprint density at radius 2 is 1.96 bits per heavy atom. The molecule has 0 aromatic carbocycles. The van der Waals surface area contributed by atoms with Gasteiger partial charge in [-0.2, -0.15) is 0 Å². The first kappa shape index (κ1) is 17.8. The van der Waals surface area contributed by atoms with E-state index in [-0.39, 0.29) is 28.2 Å².